The molecule has 0 spiro atoms. The Morgan fingerprint density at radius 2 is 1.50 bits per heavy atom. The molecule has 0 aliphatic heterocycles. The van der Waals surface area contributed by atoms with E-state index in [4.69, 9.17) is 34.8 Å². The zero-order valence-electron chi connectivity index (χ0n) is 4.67. The van der Waals surface area contributed by atoms with Crippen LogP contribution in [0.25, 0.3) is 0 Å². The number of hydrogen-bond donors (Lipinski definition) is 0. The van der Waals surface area contributed by atoms with Crippen molar-refractivity contribution < 1.29 is 4.39 Å². The van der Waals surface area contributed by atoms with E-state index in [1.54, 1.807) is 0 Å². The van der Waals surface area contributed by atoms with E-state index in [-0.39, 0.29) is 15.1 Å². The molecule has 4 heteroatoms. The summed E-state index contributed by atoms with van der Waals surface area (Å²) in [6.07, 6.45) is 0. The molecule has 0 N–H and O–H groups in total. The van der Waals surface area contributed by atoms with E-state index < -0.39 is 5.82 Å². The minimum absolute atomic E-state index is 0.0191. The van der Waals surface area contributed by atoms with Crippen LogP contribution in [0.2, 0.25) is 15.1 Å². The lowest BCUT2D eigenvalue weighted by Gasteiger charge is -1.97. The molecule has 0 atom stereocenters. The van der Waals surface area contributed by atoms with Crippen LogP contribution in [0.5, 0.6) is 0 Å². The second-order valence-electron chi connectivity index (χ2n) is 1.66. The van der Waals surface area contributed by atoms with Gasteiger partial charge in [-0.1, -0.05) is 34.8 Å². The number of hydrogen-bond acceptors (Lipinski definition) is 0. The van der Waals surface area contributed by atoms with Gasteiger partial charge in [0, 0.05) is 0 Å². The van der Waals surface area contributed by atoms with Crippen LogP contribution in [0.3, 0.4) is 0 Å². The van der Waals surface area contributed by atoms with Gasteiger partial charge in [0.1, 0.15) is 0 Å². The summed E-state index contributed by atoms with van der Waals surface area (Å²) < 4.78 is 12.6. The quantitative estimate of drug-likeness (QED) is 0.440. The molecule has 0 aliphatic rings. The van der Waals surface area contributed by atoms with E-state index in [0.717, 1.165) is 0 Å². The maximum absolute atomic E-state index is 12.6. The third-order valence-electron chi connectivity index (χ3n) is 0.988. The normalized spacial score (nSPS) is 10.0. The molecule has 1 rings (SSSR count). The lowest BCUT2D eigenvalue weighted by Crippen LogP contribution is -1.78. The van der Waals surface area contributed by atoms with E-state index in [9.17, 15) is 4.39 Å². The van der Waals surface area contributed by atoms with Gasteiger partial charge in [0.25, 0.3) is 0 Å². The molecule has 0 unspecified atom stereocenters. The Morgan fingerprint density at radius 3 is 2.00 bits per heavy atom. The zero-order valence-corrected chi connectivity index (χ0v) is 6.93. The molecule has 0 saturated heterocycles. The lowest BCUT2D eigenvalue weighted by atomic mass is 10.3. The first-order valence-electron chi connectivity index (χ1n) is 2.42. The topological polar surface area (TPSA) is 0 Å². The second kappa shape index (κ2) is 2.95. The molecule has 0 bridgehead atoms. The molecule has 0 fully saturated rings. The standard InChI is InChI=1S/C6H2Cl3F/c7-3-1-2-4(8)6(10)5(3)9/h1-2H. The highest BCUT2D eigenvalue weighted by atomic mass is 35.5. The summed E-state index contributed by atoms with van der Waals surface area (Å²) in [5, 5.41) is 0.0205. The smallest absolute Gasteiger partial charge is 0.161 e. The van der Waals surface area contributed by atoms with Gasteiger partial charge < -0.3 is 0 Å². The fraction of sp³-hybridized carbons (Fsp3) is 0. The summed E-state index contributed by atoms with van der Waals surface area (Å²) in [4.78, 5) is 0. The average molecular weight is 199 g/mol. The first-order valence-corrected chi connectivity index (χ1v) is 3.55. The maximum Gasteiger partial charge on any atom is 0.161 e. The summed E-state index contributed by atoms with van der Waals surface area (Å²) in [5.74, 6) is -0.671. The van der Waals surface area contributed by atoms with Crippen LogP contribution in [-0.4, -0.2) is 0 Å². The molecule has 0 heterocycles. The van der Waals surface area contributed by atoms with Crippen LogP contribution in [0.1, 0.15) is 0 Å². The fourth-order valence-corrected chi connectivity index (χ4v) is 1.02. The summed E-state index contributed by atoms with van der Waals surface area (Å²) >= 11 is 16.2. The van der Waals surface area contributed by atoms with Gasteiger partial charge in [0.05, 0.1) is 15.1 Å². The van der Waals surface area contributed by atoms with Crippen molar-refractivity contribution in [3.63, 3.8) is 0 Å². The van der Waals surface area contributed by atoms with Gasteiger partial charge in [-0.3, -0.25) is 0 Å². The van der Waals surface area contributed by atoms with E-state index >= 15 is 0 Å². The Kier molecular flexibility index (Phi) is 2.40. The predicted octanol–water partition coefficient (Wildman–Crippen LogP) is 3.79. The van der Waals surface area contributed by atoms with Crippen LogP contribution >= 0.6 is 34.8 Å². The van der Waals surface area contributed by atoms with Crippen LogP contribution < -0.4 is 0 Å². The second-order valence-corrected chi connectivity index (χ2v) is 2.85. The highest BCUT2D eigenvalue weighted by Gasteiger charge is 2.07. The molecule has 0 aliphatic carbocycles. The minimum Gasteiger partial charge on any atom is -0.204 e. The maximum atomic E-state index is 12.6. The Labute approximate surface area is 72.5 Å². The van der Waals surface area contributed by atoms with Crippen molar-refractivity contribution in [2.45, 2.75) is 0 Å². The van der Waals surface area contributed by atoms with Gasteiger partial charge in [0.2, 0.25) is 0 Å². The lowest BCUT2D eigenvalue weighted by molar-refractivity contribution is 0.629. The average Bonchev–Trinajstić information content (AvgIpc) is 1.93. The molecule has 1 aromatic rings. The van der Waals surface area contributed by atoms with Crippen LogP contribution in [0, 0.1) is 5.82 Å². The number of rotatable bonds is 0. The molecule has 10 heavy (non-hydrogen) atoms. The number of benzene rings is 1. The molecule has 0 radical (unpaired) electrons. The zero-order chi connectivity index (χ0) is 7.72. The Bertz CT molecular complexity index is 232. The van der Waals surface area contributed by atoms with Crippen LogP contribution in [-0.2, 0) is 0 Å². The molecule has 1 aromatic carbocycles. The largest absolute Gasteiger partial charge is 0.204 e. The van der Waals surface area contributed by atoms with Crippen molar-refractivity contribution in [3.05, 3.63) is 33.0 Å². The summed E-state index contributed by atoms with van der Waals surface area (Å²) in [6.45, 7) is 0. The van der Waals surface area contributed by atoms with Crippen molar-refractivity contribution >= 4 is 34.8 Å². The molecular formula is C6H2Cl3F. The third-order valence-corrected chi connectivity index (χ3v) is 2.06. The van der Waals surface area contributed by atoms with Gasteiger partial charge in [-0.25, -0.2) is 4.39 Å². The van der Waals surface area contributed by atoms with Crippen LogP contribution in [0.15, 0.2) is 12.1 Å². The first kappa shape index (κ1) is 8.12. The van der Waals surface area contributed by atoms with Gasteiger partial charge in [-0.05, 0) is 12.1 Å². The van der Waals surface area contributed by atoms with Crippen molar-refractivity contribution in [2.24, 2.45) is 0 Å². The van der Waals surface area contributed by atoms with Crippen LogP contribution in [0.4, 0.5) is 4.39 Å². The summed E-state index contributed by atoms with van der Waals surface area (Å²) in [5.41, 5.74) is 0. The Hall–Kier alpha value is 0.0200. The molecule has 0 amide bonds. The Balaban J connectivity index is 3.34. The monoisotopic (exact) mass is 198 g/mol. The summed E-state index contributed by atoms with van der Waals surface area (Å²) in [6, 6.07) is 2.79. The highest BCUT2D eigenvalue weighted by molar-refractivity contribution is 6.43. The first-order chi connectivity index (χ1) is 4.63. The molecule has 0 saturated carbocycles. The van der Waals surface area contributed by atoms with Crippen molar-refractivity contribution in [1.82, 2.24) is 0 Å². The van der Waals surface area contributed by atoms with Gasteiger partial charge >= 0.3 is 0 Å². The van der Waals surface area contributed by atoms with Gasteiger partial charge in [-0.15, -0.1) is 0 Å². The van der Waals surface area contributed by atoms with E-state index in [1.807, 2.05) is 0 Å². The fourth-order valence-electron chi connectivity index (χ4n) is 0.502. The highest BCUT2D eigenvalue weighted by Crippen LogP contribution is 2.29. The SMILES string of the molecule is Fc1c(Cl)ccc(Cl)c1Cl. The van der Waals surface area contributed by atoms with Crippen molar-refractivity contribution in [1.29, 1.82) is 0 Å². The Morgan fingerprint density at radius 1 is 1.00 bits per heavy atom. The van der Waals surface area contributed by atoms with E-state index in [0.29, 0.717) is 0 Å². The van der Waals surface area contributed by atoms with Crippen molar-refractivity contribution in [3.8, 4) is 0 Å². The molecule has 0 aromatic heterocycles. The predicted molar refractivity (Wildman–Crippen MR) is 41.4 cm³/mol. The van der Waals surface area contributed by atoms with Gasteiger partial charge in [-0.2, -0.15) is 0 Å². The third kappa shape index (κ3) is 1.36. The van der Waals surface area contributed by atoms with E-state index in [2.05, 4.69) is 0 Å². The number of halogens is 4. The summed E-state index contributed by atoms with van der Waals surface area (Å²) in [7, 11) is 0. The minimum atomic E-state index is -0.671. The van der Waals surface area contributed by atoms with Gasteiger partial charge in [0.15, 0.2) is 5.82 Å². The van der Waals surface area contributed by atoms with Crippen molar-refractivity contribution in [2.75, 3.05) is 0 Å². The molecule has 54 valence electrons. The van der Waals surface area contributed by atoms with E-state index in [1.165, 1.54) is 12.1 Å². The molecule has 0 nitrogen and oxygen atoms in total. The molecular weight excluding hydrogens is 197 g/mol.